The quantitative estimate of drug-likeness (QED) is 0.743. The molecule has 4 N–H and O–H groups in total. The molecule has 0 radical (unpaired) electrons. The summed E-state index contributed by atoms with van der Waals surface area (Å²) in [6, 6.07) is 7.21. The molecule has 1 aromatic rings. The Bertz CT molecular complexity index is 472. The minimum Gasteiger partial charge on any atom is -0.491 e. The van der Waals surface area contributed by atoms with Gasteiger partial charge in [0.15, 0.2) is 0 Å². The molecule has 1 unspecified atom stereocenters. The van der Waals surface area contributed by atoms with Crippen LogP contribution in [-0.2, 0) is 4.79 Å². The van der Waals surface area contributed by atoms with Gasteiger partial charge in [0.1, 0.15) is 5.75 Å². The predicted molar refractivity (Wildman–Crippen MR) is 83.6 cm³/mol. The molecule has 0 aromatic heterocycles. The molecule has 6 heteroatoms. The lowest BCUT2D eigenvalue weighted by Crippen LogP contribution is -2.44. The second kappa shape index (κ2) is 7.11. The van der Waals surface area contributed by atoms with Crippen molar-refractivity contribution in [2.45, 2.75) is 44.4 Å². The molecule has 21 heavy (non-hydrogen) atoms. The minimum absolute atomic E-state index is 0. The van der Waals surface area contributed by atoms with Crippen molar-refractivity contribution in [3.05, 3.63) is 29.8 Å². The largest absolute Gasteiger partial charge is 0.491 e. The van der Waals surface area contributed by atoms with Crippen LogP contribution in [0.25, 0.3) is 0 Å². The van der Waals surface area contributed by atoms with Crippen LogP contribution >= 0.6 is 12.4 Å². The highest BCUT2D eigenvalue weighted by Gasteiger charge is 2.45. The highest BCUT2D eigenvalue weighted by Crippen LogP contribution is 2.32. The van der Waals surface area contributed by atoms with Crippen molar-refractivity contribution < 1.29 is 14.6 Å². The van der Waals surface area contributed by atoms with E-state index in [1.165, 1.54) is 0 Å². The second-order valence-electron chi connectivity index (χ2n) is 5.62. The number of carbonyl (C=O) groups excluding carboxylic acids is 1. The molecule has 118 valence electrons. The summed E-state index contributed by atoms with van der Waals surface area (Å²) in [7, 11) is 0. The monoisotopic (exact) mass is 314 g/mol. The van der Waals surface area contributed by atoms with Crippen LogP contribution in [0.5, 0.6) is 5.75 Å². The molecule has 0 aliphatic heterocycles. The van der Waals surface area contributed by atoms with Gasteiger partial charge >= 0.3 is 0 Å². The number of aliphatic hydroxyl groups is 1. The van der Waals surface area contributed by atoms with Crippen LogP contribution in [0.3, 0.4) is 0 Å². The smallest absolute Gasteiger partial charge is 0.240 e. The lowest BCUT2D eigenvalue weighted by molar-refractivity contribution is -0.123. The summed E-state index contributed by atoms with van der Waals surface area (Å²) in [5, 5.41) is 12.7. The van der Waals surface area contributed by atoms with Gasteiger partial charge in [-0.3, -0.25) is 4.79 Å². The molecule has 1 amide bonds. The number of aliphatic hydroxyl groups excluding tert-OH is 1. The van der Waals surface area contributed by atoms with Crippen molar-refractivity contribution in [3.8, 4) is 5.75 Å². The van der Waals surface area contributed by atoms with Gasteiger partial charge in [-0.15, -0.1) is 12.4 Å². The first kappa shape index (κ1) is 17.8. The van der Waals surface area contributed by atoms with Crippen LogP contribution in [0.4, 0.5) is 0 Å². The van der Waals surface area contributed by atoms with Crippen molar-refractivity contribution >= 4 is 18.3 Å². The summed E-state index contributed by atoms with van der Waals surface area (Å²) in [6.07, 6.45) is 0.811. The van der Waals surface area contributed by atoms with Crippen molar-refractivity contribution in [1.29, 1.82) is 0 Å². The molecule has 1 aliphatic rings. The van der Waals surface area contributed by atoms with Crippen molar-refractivity contribution in [3.63, 3.8) is 0 Å². The Balaban J connectivity index is 0.00000220. The second-order valence-corrected chi connectivity index (χ2v) is 5.62. The van der Waals surface area contributed by atoms with Crippen LogP contribution in [-0.4, -0.2) is 29.2 Å². The van der Waals surface area contributed by atoms with E-state index < -0.39 is 11.6 Å². The molecule has 1 saturated carbocycles. The van der Waals surface area contributed by atoms with E-state index in [-0.39, 0.29) is 31.0 Å². The lowest BCUT2D eigenvalue weighted by Gasteiger charge is -2.15. The Labute approximate surface area is 131 Å². The SMILES string of the molecule is CC(C)Oc1ccc(C(O)CNC(=O)C2(N)CC2)cc1.Cl. The van der Waals surface area contributed by atoms with Gasteiger partial charge in [-0.1, -0.05) is 12.1 Å². The van der Waals surface area contributed by atoms with E-state index >= 15 is 0 Å². The van der Waals surface area contributed by atoms with Crippen LogP contribution in [0, 0.1) is 0 Å². The maximum absolute atomic E-state index is 11.7. The minimum atomic E-state index is -0.741. The molecular weight excluding hydrogens is 292 g/mol. The van der Waals surface area contributed by atoms with E-state index in [9.17, 15) is 9.90 Å². The Hall–Kier alpha value is -1.30. The Morgan fingerprint density at radius 2 is 1.95 bits per heavy atom. The van der Waals surface area contributed by atoms with E-state index in [0.29, 0.717) is 0 Å². The van der Waals surface area contributed by atoms with Gasteiger partial charge in [-0.25, -0.2) is 0 Å². The van der Waals surface area contributed by atoms with Gasteiger partial charge in [0.25, 0.3) is 0 Å². The first-order valence-electron chi connectivity index (χ1n) is 6.92. The molecule has 0 bridgehead atoms. The number of nitrogens with two attached hydrogens (primary N) is 1. The van der Waals surface area contributed by atoms with Gasteiger partial charge in [-0.2, -0.15) is 0 Å². The summed E-state index contributed by atoms with van der Waals surface area (Å²) < 4.78 is 5.53. The number of rotatable bonds is 6. The number of benzene rings is 1. The molecule has 1 aromatic carbocycles. The van der Waals surface area contributed by atoms with E-state index in [2.05, 4.69) is 5.32 Å². The molecule has 5 nitrogen and oxygen atoms in total. The third-order valence-corrected chi connectivity index (χ3v) is 3.33. The third kappa shape index (κ3) is 4.88. The summed E-state index contributed by atoms with van der Waals surface area (Å²) in [4.78, 5) is 11.7. The number of halogens is 1. The Morgan fingerprint density at radius 3 is 2.43 bits per heavy atom. The number of carbonyl (C=O) groups is 1. The van der Waals surface area contributed by atoms with Crippen molar-refractivity contribution in [2.24, 2.45) is 5.73 Å². The number of nitrogens with one attached hydrogen (secondary N) is 1. The van der Waals surface area contributed by atoms with E-state index in [4.69, 9.17) is 10.5 Å². The van der Waals surface area contributed by atoms with Crippen LogP contribution in [0.1, 0.15) is 38.4 Å². The molecule has 0 spiro atoms. The van der Waals surface area contributed by atoms with Crippen molar-refractivity contribution in [1.82, 2.24) is 5.32 Å². The fourth-order valence-corrected chi connectivity index (χ4v) is 1.89. The molecule has 1 aliphatic carbocycles. The highest BCUT2D eigenvalue weighted by atomic mass is 35.5. The van der Waals surface area contributed by atoms with Crippen LogP contribution < -0.4 is 15.8 Å². The average molecular weight is 315 g/mol. The first-order chi connectivity index (χ1) is 9.40. The summed E-state index contributed by atoms with van der Waals surface area (Å²) in [5.74, 6) is 0.579. The molecule has 0 heterocycles. The van der Waals surface area contributed by atoms with E-state index in [1.807, 2.05) is 26.0 Å². The summed E-state index contributed by atoms with van der Waals surface area (Å²) >= 11 is 0. The zero-order valence-electron chi connectivity index (χ0n) is 12.3. The third-order valence-electron chi connectivity index (χ3n) is 3.33. The van der Waals surface area contributed by atoms with Crippen LogP contribution in [0.2, 0.25) is 0 Å². The van der Waals surface area contributed by atoms with E-state index in [0.717, 1.165) is 24.2 Å². The Kier molecular flexibility index (Phi) is 6.01. The predicted octanol–water partition coefficient (Wildman–Crippen LogP) is 1.54. The number of ether oxygens (including phenoxy) is 1. The van der Waals surface area contributed by atoms with Gasteiger partial charge in [-0.05, 0) is 44.4 Å². The normalized spacial score (nSPS) is 16.8. The fraction of sp³-hybridized carbons (Fsp3) is 0.533. The average Bonchev–Trinajstić information content (AvgIpc) is 3.15. The number of hydrogen-bond donors (Lipinski definition) is 3. The first-order valence-corrected chi connectivity index (χ1v) is 6.92. The number of amides is 1. The summed E-state index contributed by atoms with van der Waals surface area (Å²) in [6.45, 7) is 4.08. The zero-order valence-corrected chi connectivity index (χ0v) is 13.2. The molecule has 0 saturated heterocycles. The highest BCUT2D eigenvalue weighted by molar-refractivity contribution is 5.88. The zero-order chi connectivity index (χ0) is 14.8. The maximum Gasteiger partial charge on any atom is 0.240 e. The van der Waals surface area contributed by atoms with Crippen molar-refractivity contribution in [2.75, 3.05) is 6.54 Å². The molecule has 2 rings (SSSR count). The van der Waals surface area contributed by atoms with Gasteiger partial charge < -0.3 is 20.9 Å². The number of hydrogen-bond acceptors (Lipinski definition) is 4. The molecular formula is C15H23ClN2O3. The van der Waals surface area contributed by atoms with Gasteiger partial charge in [0.2, 0.25) is 5.91 Å². The fourth-order valence-electron chi connectivity index (χ4n) is 1.89. The van der Waals surface area contributed by atoms with Gasteiger partial charge in [0, 0.05) is 6.54 Å². The topological polar surface area (TPSA) is 84.6 Å². The lowest BCUT2D eigenvalue weighted by atomic mass is 10.1. The Morgan fingerprint density at radius 1 is 1.38 bits per heavy atom. The molecule has 1 atom stereocenters. The standard InChI is InChI=1S/C15H22N2O3.ClH/c1-10(2)20-12-5-3-11(4-6-12)13(18)9-17-14(19)15(16)7-8-15;/h3-6,10,13,18H,7-9,16H2,1-2H3,(H,17,19);1H. The molecule has 1 fully saturated rings. The van der Waals surface area contributed by atoms with Crippen LogP contribution in [0.15, 0.2) is 24.3 Å². The summed E-state index contributed by atoms with van der Waals surface area (Å²) in [5.41, 5.74) is 5.81. The van der Waals surface area contributed by atoms with E-state index in [1.54, 1.807) is 12.1 Å². The van der Waals surface area contributed by atoms with Gasteiger partial charge in [0.05, 0.1) is 17.7 Å². The maximum atomic E-state index is 11.7.